The first-order valence-electron chi connectivity index (χ1n) is 9.59. The number of benzene rings is 2. The van der Waals surface area contributed by atoms with E-state index in [1.165, 1.54) is 12.8 Å². The number of nitrogens with two attached hydrogens (primary N) is 1. The van der Waals surface area contributed by atoms with Gasteiger partial charge in [-0.1, -0.05) is 30.3 Å². The lowest BCUT2D eigenvalue weighted by atomic mass is 10.1. The zero-order valence-corrected chi connectivity index (χ0v) is 16.3. The van der Waals surface area contributed by atoms with E-state index in [-0.39, 0.29) is 6.17 Å². The number of piperidine rings is 1. The molecule has 2 aromatic rings. The minimum atomic E-state index is -3.14. The Bertz CT molecular complexity index is 774. The van der Waals surface area contributed by atoms with Crippen LogP contribution in [0.5, 0.6) is 0 Å². The van der Waals surface area contributed by atoms with Crippen molar-refractivity contribution in [3.63, 3.8) is 0 Å². The summed E-state index contributed by atoms with van der Waals surface area (Å²) >= 11 is 0. The highest BCUT2D eigenvalue weighted by atomic mass is 32.3. The fourth-order valence-electron chi connectivity index (χ4n) is 4.01. The summed E-state index contributed by atoms with van der Waals surface area (Å²) in [7, 11) is -3.14. The van der Waals surface area contributed by atoms with Gasteiger partial charge >= 0.3 is 0 Å². The molecule has 1 fully saturated rings. The van der Waals surface area contributed by atoms with Crippen molar-refractivity contribution in [1.29, 1.82) is 0 Å². The predicted octanol–water partition coefficient (Wildman–Crippen LogP) is 4.39. The van der Waals surface area contributed by atoms with Gasteiger partial charge in [0, 0.05) is 13.1 Å². The first-order valence-corrected chi connectivity index (χ1v) is 11.0. The van der Waals surface area contributed by atoms with Gasteiger partial charge in [0.25, 0.3) is 0 Å². The maximum Gasteiger partial charge on any atom is 0.0896 e. The van der Waals surface area contributed by atoms with Crippen molar-refractivity contribution in [2.45, 2.75) is 31.8 Å². The van der Waals surface area contributed by atoms with Gasteiger partial charge in [-0.3, -0.25) is 18.3 Å². The van der Waals surface area contributed by atoms with Crippen LogP contribution in [0.15, 0.2) is 54.6 Å². The monoisotopic (exact) mass is 388 g/mol. The van der Waals surface area contributed by atoms with E-state index in [1.807, 2.05) is 54.6 Å². The molecule has 1 atom stereocenters. The van der Waals surface area contributed by atoms with Crippen molar-refractivity contribution in [2.24, 2.45) is 5.73 Å². The zero-order chi connectivity index (χ0) is 18.9. The molecule has 6 nitrogen and oxygen atoms in total. The third-order valence-electron chi connectivity index (χ3n) is 5.37. The third-order valence-corrected chi connectivity index (χ3v) is 7.24. The van der Waals surface area contributed by atoms with Crippen LogP contribution in [-0.2, 0) is 0 Å². The number of anilines is 3. The van der Waals surface area contributed by atoms with Gasteiger partial charge in [-0.15, -0.1) is 0 Å². The van der Waals surface area contributed by atoms with Crippen LogP contribution in [0, 0.1) is 0 Å². The molecule has 146 valence electrons. The first-order chi connectivity index (χ1) is 13.1. The number of likely N-dealkylation sites (tertiary alicyclic amines) is 1. The molecule has 0 aliphatic carbocycles. The fraction of sp³-hybridized carbons (Fsp3) is 0.400. The van der Waals surface area contributed by atoms with Crippen LogP contribution >= 0.6 is 11.0 Å². The van der Waals surface area contributed by atoms with Crippen molar-refractivity contribution in [3.05, 3.63) is 54.6 Å². The predicted molar refractivity (Wildman–Crippen MR) is 113 cm³/mol. The Balaban J connectivity index is 1.54. The van der Waals surface area contributed by atoms with Crippen LogP contribution in [0.2, 0.25) is 0 Å². The maximum atomic E-state index is 11.1. The Kier molecular flexibility index (Phi) is 5.29. The third kappa shape index (κ3) is 3.53. The molecular weight excluding hydrogens is 360 g/mol. The summed E-state index contributed by atoms with van der Waals surface area (Å²) in [5.74, 6) is 0. The van der Waals surface area contributed by atoms with E-state index in [0.717, 1.165) is 43.0 Å². The number of para-hydroxylation sites is 3. The van der Waals surface area contributed by atoms with Gasteiger partial charge in [0.15, 0.2) is 0 Å². The number of fused-ring (bicyclic) bond motifs is 1. The lowest BCUT2D eigenvalue weighted by molar-refractivity contribution is 0.151. The summed E-state index contributed by atoms with van der Waals surface area (Å²) in [6.45, 7) is 2.48. The van der Waals surface area contributed by atoms with Gasteiger partial charge in [-0.05, 0) is 67.5 Å². The van der Waals surface area contributed by atoms with Gasteiger partial charge < -0.3 is 5.73 Å². The summed E-state index contributed by atoms with van der Waals surface area (Å²) in [5, 5.41) is 0. The minimum absolute atomic E-state index is 0.130. The summed E-state index contributed by atoms with van der Waals surface area (Å²) in [4.78, 5) is 2.31. The first kappa shape index (κ1) is 18.6. The van der Waals surface area contributed by atoms with E-state index >= 15 is 0 Å². The quantitative estimate of drug-likeness (QED) is 0.705. The van der Waals surface area contributed by atoms with E-state index in [0.29, 0.717) is 6.54 Å². The zero-order valence-electron chi connectivity index (χ0n) is 15.4. The molecule has 27 heavy (non-hydrogen) atoms. The van der Waals surface area contributed by atoms with Gasteiger partial charge in [0.05, 0.1) is 23.2 Å². The largest absolute Gasteiger partial charge is 0.316 e. The molecule has 0 bridgehead atoms. The van der Waals surface area contributed by atoms with E-state index < -0.39 is 11.0 Å². The highest BCUT2D eigenvalue weighted by Crippen LogP contribution is 2.63. The second kappa shape index (κ2) is 7.69. The van der Waals surface area contributed by atoms with Crippen molar-refractivity contribution in [2.75, 3.05) is 28.2 Å². The summed E-state index contributed by atoms with van der Waals surface area (Å²) < 4.78 is 25.7. The molecule has 2 aliphatic heterocycles. The molecule has 7 heteroatoms. The lowest BCUT2D eigenvalue weighted by Gasteiger charge is -2.44. The Labute approximate surface area is 162 Å². The van der Waals surface area contributed by atoms with E-state index in [9.17, 15) is 9.11 Å². The SMILES string of the molecule is NC1CCCCN1CCCN1c2ccccc2N(c2ccccc2)S1(O)O. The highest BCUT2D eigenvalue weighted by molar-refractivity contribution is 8.27. The molecule has 0 spiro atoms. The van der Waals surface area contributed by atoms with E-state index in [4.69, 9.17) is 5.73 Å². The van der Waals surface area contributed by atoms with Crippen LogP contribution in [0.3, 0.4) is 0 Å². The van der Waals surface area contributed by atoms with Crippen molar-refractivity contribution in [3.8, 4) is 0 Å². The Morgan fingerprint density at radius 3 is 2.37 bits per heavy atom. The van der Waals surface area contributed by atoms with Crippen molar-refractivity contribution >= 4 is 28.0 Å². The topological polar surface area (TPSA) is 76.2 Å². The molecule has 1 unspecified atom stereocenters. The average molecular weight is 389 g/mol. The Hall–Kier alpha value is -1.77. The molecular formula is C20H28N4O2S. The highest BCUT2D eigenvalue weighted by Gasteiger charge is 2.41. The molecule has 4 rings (SSSR count). The fourth-order valence-corrected chi connectivity index (χ4v) is 5.82. The van der Waals surface area contributed by atoms with Crippen LogP contribution in [-0.4, -0.2) is 39.8 Å². The Morgan fingerprint density at radius 2 is 1.63 bits per heavy atom. The minimum Gasteiger partial charge on any atom is -0.316 e. The number of hydrogen-bond acceptors (Lipinski definition) is 6. The lowest BCUT2D eigenvalue weighted by Crippen LogP contribution is -2.46. The van der Waals surface area contributed by atoms with Crippen LogP contribution < -0.4 is 14.3 Å². The van der Waals surface area contributed by atoms with E-state index in [2.05, 4.69) is 4.90 Å². The number of rotatable bonds is 5. The Morgan fingerprint density at radius 1 is 0.926 bits per heavy atom. The molecule has 0 aromatic heterocycles. The van der Waals surface area contributed by atoms with Crippen molar-refractivity contribution < 1.29 is 9.11 Å². The molecule has 0 saturated carbocycles. The van der Waals surface area contributed by atoms with E-state index in [1.54, 1.807) is 8.61 Å². The molecule has 2 aliphatic rings. The van der Waals surface area contributed by atoms with Gasteiger partial charge in [-0.2, -0.15) is 0 Å². The van der Waals surface area contributed by atoms with Crippen molar-refractivity contribution in [1.82, 2.24) is 4.90 Å². The number of hydrogen-bond donors (Lipinski definition) is 3. The van der Waals surface area contributed by atoms with Gasteiger partial charge in [0.2, 0.25) is 0 Å². The van der Waals surface area contributed by atoms with Crippen LogP contribution in [0.25, 0.3) is 0 Å². The van der Waals surface area contributed by atoms with Crippen LogP contribution in [0.1, 0.15) is 25.7 Å². The molecule has 4 N–H and O–H groups in total. The summed E-state index contributed by atoms with van der Waals surface area (Å²) in [5.41, 5.74) is 8.69. The van der Waals surface area contributed by atoms with Crippen LogP contribution in [0.4, 0.5) is 17.1 Å². The standard InChI is InChI=1S/C20H28N4O2S/c21-20-13-6-7-14-22(20)15-8-16-23-18-11-4-5-12-19(18)24(27(23,25)26)17-9-2-1-3-10-17/h1-5,9-12,20,25-26H,6-8,13-16,21H2. The molecule has 0 amide bonds. The van der Waals surface area contributed by atoms with Gasteiger partial charge in [0.1, 0.15) is 0 Å². The number of nitrogens with zero attached hydrogens (tertiary/aromatic N) is 3. The summed E-state index contributed by atoms with van der Waals surface area (Å²) in [6.07, 6.45) is 4.40. The second-order valence-electron chi connectivity index (χ2n) is 7.16. The molecule has 1 saturated heterocycles. The maximum absolute atomic E-state index is 11.1. The second-order valence-corrected chi connectivity index (χ2v) is 8.95. The molecule has 0 radical (unpaired) electrons. The molecule has 2 aromatic carbocycles. The summed E-state index contributed by atoms with van der Waals surface area (Å²) in [6, 6.07) is 17.3. The normalized spacial score (nSPS) is 23.3. The smallest absolute Gasteiger partial charge is 0.0896 e. The van der Waals surface area contributed by atoms with Gasteiger partial charge in [-0.25, -0.2) is 4.31 Å². The molecule has 2 heterocycles. The average Bonchev–Trinajstić information content (AvgIpc) is 2.90.